The summed E-state index contributed by atoms with van der Waals surface area (Å²) in [6.45, 7) is 0. The number of ether oxygens (including phenoxy) is 2. The SMILES string of the molecule is COc1ccc(N2C(=O)/C(=C\c3ccc(-c4ccc([N+](=O)[O-])cc4OC)o3)SC2=S)cc1. The van der Waals surface area contributed by atoms with Crippen molar-refractivity contribution in [2.24, 2.45) is 0 Å². The van der Waals surface area contributed by atoms with Crippen molar-refractivity contribution in [3.63, 3.8) is 0 Å². The van der Waals surface area contributed by atoms with Gasteiger partial charge in [0.25, 0.3) is 11.6 Å². The normalized spacial score (nSPS) is 14.8. The maximum atomic E-state index is 12.9. The number of non-ortho nitro benzene ring substituents is 1. The van der Waals surface area contributed by atoms with Gasteiger partial charge in [-0.15, -0.1) is 0 Å². The quantitative estimate of drug-likeness (QED) is 0.209. The van der Waals surface area contributed by atoms with Crippen molar-refractivity contribution >= 4 is 51.7 Å². The zero-order chi connectivity index (χ0) is 22.8. The number of nitro benzene ring substituents is 1. The van der Waals surface area contributed by atoms with Gasteiger partial charge < -0.3 is 13.9 Å². The van der Waals surface area contributed by atoms with Crippen molar-refractivity contribution in [2.45, 2.75) is 0 Å². The Hall–Kier alpha value is -3.63. The lowest BCUT2D eigenvalue weighted by molar-refractivity contribution is -0.384. The fourth-order valence-electron chi connectivity index (χ4n) is 3.12. The number of furan rings is 1. The predicted octanol–water partition coefficient (Wildman–Crippen LogP) is 5.28. The van der Waals surface area contributed by atoms with E-state index in [9.17, 15) is 14.9 Å². The summed E-state index contributed by atoms with van der Waals surface area (Å²) in [5.74, 6) is 1.63. The van der Waals surface area contributed by atoms with Gasteiger partial charge in [-0.05, 0) is 42.5 Å². The molecule has 0 radical (unpaired) electrons. The van der Waals surface area contributed by atoms with Crippen LogP contribution in [0.15, 0.2) is 63.9 Å². The number of nitrogens with zero attached hydrogens (tertiary/aromatic N) is 2. The molecule has 0 saturated carbocycles. The number of carbonyl (C=O) groups excluding carboxylic acids is 1. The molecule has 1 fully saturated rings. The first kappa shape index (κ1) is 21.6. The summed E-state index contributed by atoms with van der Waals surface area (Å²) in [5.41, 5.74) is 1.12. The van der Waals surface area contributed by atoms with Crippen molar-refractivity contribution < 1.29 is 23.6 Å². The van der Waals surface area contributed by atoms with Crippen LogP contribution in [-0.2, 0) is 4.79 Å². The highest BCUT2D eigenvalue weighted by molar-refractivity contribution is 8.27. The Morgan fingerprint density at radius 3 is 2.50 bits per heavy atom. The van der Waals surface area contributed by atoms with Crippen LogP contribution in [0.25, 0.3) is 17.4 Å². The number of methoxy groups -OCH3 is 2. The summed E-state index contributed by atoms with van der Waals surface area (Å²) in [6.07, 6.45) is 1.62. The largest absolute Gasteiger partial charge is 0.497 e. The zero-order valence-corrected chi connectivity index (χ0v) is 18.6. The topological polar surface area (TPSA) is 95.0 Å². The maximum absolute atomic E-state index is 12.9. The summed E-state index contributed by atoms with van der Waals surface area (Å²) >= 11 is 6.57. The van der Waals surface area contributed by atoms with Crippen LogP contribution in [-0.4, -0.2) is 29.4 Å². The lowest BCUT2D eigenvalue weighted by Gasteiger charge is -2.14. The Morgan fingerprint density at radius 2 is 1.84 bits per heavy atom. The molecule has 0 unspecified atom stereocenters. The van der Waals surface area contributed by atoms with Crippen molar-refractivity contribution in [1.29, 1.82) is 0 Å². The van der Waals surface area contributed by atoms with Gasteiger partial charge in [-0.3, -0.25) is 19.8 Å². The number of thioether (sulfide) groups is 1. The molecule has 3 aromatic rings. The highest BCUT2D eigenvalue weighted by Gasteiger charge is 2.33. The fourth-order valence-corrected chi connectivity index (χ4v) is 4.40. The lowest BCUT2D eigenvalue weighted by atomic mass is 10.1. The lowest BCUT2D eigenvalue weighted by Crippen LogP contribution is -2.27. The number of benzene rings is 2. The Kier molecular flexibility index (Phi) is 5.97. The first-order chi connectivity index (χ1) is 15.4. The summed E-state index contributed by atoms with van der Waals surface area (Å²) in [7, 11) is 3.00. The molecule has 0 bridgehead atoms. The molecular formula is C22H16N2O6S2. The molecule has 4 rings (SSSR count). The number of thiocarbonyl (C=S) groups is 1. The van der Waals surface area contributed by atoms with E-state index in [1.807, 2.05) is 0 Å². The Morgan fingerprint density at radius 1 is 1.09 bits per heavy atom. The molecule has 2 aromatic carbocycles. The van der Waals surface area contributed by atoms with Crippen molar-refractivity contribution in [2.75, 3.05) is 19.1 Å². The molecule has 162 valence electrons. The van der Waals surface area contributed by atoms with Crippen LogP contribution in [0.4, 0.5) is 11.4 Å². The van der Waals surface area contributed by atoms with Gasteiger partial charge in [0.1, 0.15) is 23.0 Å². The van der Waals surface area contributed by atoms with Gasteiger partial charge in [-0.25, -0.2) is 0 Å². The minimum atomic E-state index is -0.495. The van der Waals surface area contributed by atoms with Gasteiger partial charge >= 0.3 is 0 Å². The number of hydrogen-bond acceptors (Lipinski definition) is 8. The minimum absolute atomic E-state index is 0.0837. The van der Waals surface area contributed by atoms with Crippen LogP contribution < -0.4 is 14.4 Å². The van der Waals surface area contributed by atoms with Crippen molar-refractivity contribution in [3.8, 4) is 22.8 Å². The molecular weight excluding hydrogens is 452 g/mol. The van der Waals surface area contributed by atoms with Crippen molar-refractivity contribution in [3.05, 3.63) is 75.4 Å². The van der Waals surface area contributed by atoms with E-state index in [-0.39, 0.29) is 11.6 Å². The van der Waals surface area contributed by atoms with Crippen LogP contribution in [0.3, 0.4) is 0 Å². The summed E-state index contributed by atoms with van der Waals surface area (Å²) in [5, 5.41) is 11.0. The fraction of sp³-hybridized carbons (Fsp3) is 0.0909. The van der Waals surface area contributed by atoms with Crippen LogP contribution >= 0.6 is 24.0 Å². The minimum Gasteiger partial charge on any atom is -0.497 e. The number of anilines is 1. The molecule has 1 aromatic heterocycles. The predicted molar refractivity (Wildman–Crippen MR) is 126 cm³/mol. The molecule has 0 spiro atoms. The van der Waals surface area contributed by atoms with E-state index in [1.165, 1.54) is 35.9 Å². The average molecular weight is 469 g/mol. The number of carbonyl (C=O) groups is 1. The standard InChI is InChI=1S/C22H16N2O6S2/c1-28-15-6-3-13(4-7-15)23-21(25)20(32-22(23)31)12-16-8-10-18(30-16)17-9-5-14(24(26)27)11-19(17)29-2/h3-12H,1-2H3/b20-12+. The molecule has 1 aliphatic rings. The highest BCUT2D eigenvalue weighted by atomic mass is 32.2. The van der Waals surface area contributed by atoms with Crippen LogP contribution in [0.1, 0.15) is 5.76 Å². The Labute approximate surface area is 192 Å². The van der Waals surface area contributed by atoms with Gasteiger partial charge in [0.05, 0.1) is 41.4 Å². The van der Waals surface area contributed by atoms with Gasteiger partial charge in [-0.2, -0.15) is 0 Å². The van der Waals surface area contributed by atoms with E-state index in [4.69, 9.17) is 26.1 Å². The number of nitro groups is 1. The van der Waals surface area contributed by atoms with Gasteiger partial charge in [0.2, 0.25) is 0 Å². The molecule has 1 saturated heterocycles. The summed E-state index contributed by atoms with van der Waals surface area (Å²) in [4.78, 5) is 25.3. The third-order valence-corrected chi connectivity index (χ3v) is 5.99. The molecule has 8 nitrogen and oxygen atoms in total. The molecule has 0 atom stereocenters. The van der Waals surface area contributed by atoms with E-state index < -0.39 is 4.92 Å². The maximum Gasteiger partial charge on any atom is 0.273 e. The third kappa shape index (κ3) is 4.10. The number of hydrogen-bond donors (Lipinski definition) is 0. The van der Waals surface area contributed by atoms with E-state index in [1.54, 1.807) is 55.7 Å². The van der Waals surface area contributed by atoms with E-state index in [0.29, 0.717) is 43.5 Å². The third-order valence-electron chi connectivity index (χ3n) is 4.69. The summed E-state index contributed by atoms with van der Waals surface area (Å²) < 4.78 is 16.7. The molecule has 0 N–H and O–H groups in total. The average Bonchev–Trinajstić information content (AvgIpc) is 3.37. The highest BCUT2D eigenvalue weighted by Crippen LogP contribution is 2.38. The van der Waals surface area contributed by atoms with Crippen LogP contribution in [0.5, 0.6) is 11.5 Å². The smallest absolute Gasteiger partial charge is 0.273 e. The summed E-state index contributed by atoms with van der Waals surface area (Å²) in [6, 6.07) is 14.7. The molecule has 1 aliphatic heterocycles. The number of rotatable bonds is 6. The van der Waals surface area contributed by atoms with E-state index in [0.717, 1.165) is 0 Å². The second-order valence-electron chi connectivity index (χ2n) is 6.56. The second-order valence-corrected chi connectivity index (χ2v) is 8.23. The van der Waals surface area contributed by atoms with Crippen LogP contribution in [0, 0.1) is 10.1 Å². The molecule has 10 heteroatoms. The second kappa shape index (κ2) is 8.85. The van der Waals surface area contributed by atoms with E-state index in [2.05, 4.69) is 0 Å². The van der Waals surface area contributed by atoms with Gasteiger partial charge in [-0.1, -0.05) is 24.0 Å². The van der Waals surface area contributed by atoms with Crippen molar-refractivity contribution in [1.82, 2.24) is 0 Å². The Bertz CT molecular complexity index is 1250. The van der Waals surface area contributed by atoms with Gasteiger partial charge in [0, 0.05) is 12.1 Å². The zero-order valence-electron chi connectivity index (χ0n) is 16.9. The molecule has 1 amide bonds. The first-order valence-electron chi connectivity index (χ1n) is 9.26. The van der Waals surface area contributed by atoms with Gasteiger partial charge in [0.15, 0.2) is 4.32 Å². The molecule has 0 aliphatic carbocycles. The Balaban J connectivity index is 1.60. The number of amides is 1. The molecule has 32 heavy (non-hydrogen) atoms. The van der Waals surface area contributed by atoms with Crippen LogP contribution in [0.2, 0.25) is 0 Å². The van der Waals surface area contributed by atoms with E-state index >= 15 is 0 Å². The monoisotopic (exact) mass is 468 g/mol. The first-order valence-corrected chi connectivity index (χ1v) is 10.5. The molecule has 2 heterocycles.